The minimum Gasteiger partial charge on any atom is -0.343 e. The Kier molecular flexibility index (Phi) is 4.85. The number of hydrogen-bond donors (Lipinski definition) is 1. The molecule has 19 heavy (non-hydrogen) atoms. The van der Waals surface area contributed by atoms with Crippen LogP contribution in [0.5, 0.6) is 0 Å². The molecule has 2 heterocycles. The first-order chi connectivity index (χ1) is 9.09. The lowest BCUT2D eigenvalue weighted by Gasteiger charge is -2.34. The summed E-state index contributed by atoms with van der Waals surface area (Å²) in [6.45, 7) is 5.20. The summed E-state index contributed by atoms with van der Waals surface area (Å²) in [5.41, 5.74) is -0.263. The molecule has 110 valence electrons. The van der Waals surface area contributed by atoms with Crippen molar-refractivity contribution >= 4 is 5.91 Å². The molecule has 1 amide bonds. The summed E-state index contributed by atoms with van der Waals surface area (Å²) in [5, 5.41) is 3.48. The van der Waals surface area contributed by atoms with E-state index in [1.807, 2.05) is 11.9 Å². The third-order valence-corrected chi connectivity index (χ3v) is 4.83. The first-order valence-corrected chi connectivity index (χ1v) is 7.80. The Morgan fingerprint density at radius 2 is 2.26 bits per heavy atom. The van der Waals surface area contributed by atoms with Crippen LogP contribution in [0.2, 0.25) is 0 Å². The summed E-state index contributed by atoms with van der Waals surface area (Å²) < 4.78 is 0. The van der Waals surface area contributed by atoms with Crippen LogP contribution in [-0.4, -0.2) is 61.0 Å². The average Bonchev–Trinajstić information content (AvgIpc) is 3.00. The number of carbonyl (C=O) groups is 1. The summed E-state index contributed by atoms with van der Waals surface area (Å²) in [6.07, 6.45) is 6.66. The highest BCUT2D eigenvalue weighted by atomic mass is 16.2. The zero-order chi connectivity index (χ0) is 13.9. The van der Waals surface area contributed by atoms with Gasteiger partial charge in [0.25, 0.3) is 0 Å². The minimum absolute atomic E-state index is 0.263. The van der Waals surface area contributed by atoms with Crippen molar-refractivity contribution in [2.24, 2.45) is 0 Å². The summed E-state index contributed by atoms with van der Waals surface area (Å²) in [7, 11) is 4.15. The van der Waals surface area contributed by atoms with Gasteiger partial charge < -0.3 is 15.1 Å². The van der Waals surface area contributed by atoms with Gasteiger partial charge in [0.15, 0.2) is 0 Å². The van der Waals surface area contributed by atoms with Crippen molar-refractivity contribution in [3.63, 3.8) is 0 Å². The number of likely N-dealkylation sites (tertiary alicyclic amines) is 1. The van der Waals surface area contributed by atoms with E-state index in [4.69, 9.17) is 0 Å². The molecule has 2 aliphatic rings. The summed E-state index contributed by atoms with van der Waals surface area (Å²) in [5.74, 6) is 0.312. The highest BCUT2D eigenvalue weighted by Gasteiger charge is 2.42. The van der Waals surface area contributed by atoms with Gasteiger partial charge in [-0.3, -0.25) is 4.79 Å². The van der Waals surface area contributed by atoms with E-state index in [1.54, 1.807) is 0 Å². The van der Waals surface area contributed by atoms with Crippen LogP contribution in [0.15, 0.2) is 0 Å². The van der Waals surface area contributed by atoms with Crippen molar-refractivity contribution in [1.82, 2.24) is 15.1 Å². The molecule has 0 saturated carbocycles. The zero-order valence-corrected chi connectivity index (χ0v) is 12.7. The molecule has 2 unspecified atom stereocenters. The molecule has 0 spiro atoms. The minimum atomic E-state index is -0.263. The maximum atomic E-state index is 12.8. The van der Waals surface area contributed by atoms with Crippen molar-refractivity contribution in [1.29, 1.82) is 0 Å². The monoisotopic (exact) mass is 267 g/mol. The Hall–Kier alpha value is -0.610. The number of nitrogens with zero attached hydrogens (tertiary/aromatic N) is 2. The van der Waals surface area contributed by atoms with Gasteiger partial charge in [-0.15, -0.1) is 0 Å². The third kappa shape index (κ3) is 3.11. The van der Waals surface area contributed by atoms with E-state index in [-0.39, 0.29) is 5.54 Å². The highest BCUT2D eigenvalue weighted by Crippen LogP contribution is 2.27. The second-order valence-corrected chi connectivity index (χ2v) is 6.32. The van der Waals surface area contributed by atoms with Crippen LogP contribution < -0.4 is 5.32 Å². The van der Waals surface area contributed by atoms with Gasteiger partial charge in [-0.25, -0.2) is 0 Å². The molecule has 2 fully saturated rings. The Morgan fingerprint density at radius 3 is 2.79 bits per heavy atom. The van der Waals surface area contributed by atoms with Gasteiger partial charge in [0, 0.05) is 19.6 Å². The van der Waals surface area contributed by atoms with Crippen molar-refractivity contribution in [2.75, 3.05) is 33.7 Å². The molecule has 0 radical (unpaired) electrons. The first kappa shape index (κ1) is 14.8. The fourth-order valence-electron chi connectivity index (χ4n) is 3.71. The molecule has 4 nitrogen and oxygen atoms in total. The fraction of sp³-hybridized carbons (Fsp3) is 0.933. The fourth-order valence-corrected chi connectivity index (χ4v) is 3.71. The topological polar surface area (TPSA) is 35.6 Å². The van der Waals surface area contributed by atoms with Crippen molar-refractivity contribution in [2.45, 2.75) is 57.0 Å². The van der Waals surface area contributed by atoms with E-state index < -0.39 is 0 Å². The van der Waals surface area contributed by atoms with Crippen molar-refractivity contribution < 1.29 is 4.79 Å². The predicted molar refractivity (Wildman–Crippen MR) is 78.2 cm³/mol. The first-order valence-electron chi connectivity index (χ1n) is 7.80. The molecular weight excluding hydrogens is 238 g/mol. The Balaban J connectivity index is 1.96. The lowest BCUT2D eigenvalue weighted by Crippen LogP contribution is -2.55. The average molecular weight is 267 g/mol. The summed E-state index contributed by atoms with van der Waals surface area (Å²) >= 11 is 0. The number of rotatable bonds is 5. The normalized spacial score (nSPS) is 31.8. The summed E-state index contributed by atoms with van der Waals surface area (Å²) in [6, 6.07) is 0.550. The second-order valence-electron chi connectivity index (χ2n) is 6.32. The van der Waals surface area contributed by atoms with Crippen molar-refractivity contribution in [3.05, 3.63) is 0 Å². The zero-order valence-electron chi connectivity index (χ0n) is 12.7. The van der Waals surface area contributed by atoms with E-state index >= 15 is 0 Å². The van der Waals surface area contributed by atoms with Crippen LogP contribution in [-0.2, 0) is 4.79 Å². The van der Waals surface area contributed by atoms with E-state index in [9.17, 15) is 4.79 Å². The smallest absolute Gasteiger partial charge is 0.242 e. The van der Waals surface area contributed by atoms with Crippen LogP contribution in [0.25, 0.3) is 0 Å². The van der Waals surface area contributed by atoms with Gasteiger partial charge in [-0.05, 0) is 52.2 Å². The molecule has 0 aromatic carbocycles. The van der Waals surface area contributed by atoms with Gasteiger partial charge >= 0.3 is 0 Å². The number of amides is 1. The van der Waals surface area contributed by atoms with E-state index in [2.05, 4.69) is 24.2 Å². The molecular formula is C15H29N3O. The van der Waals surface area contributed by atoms with Gasteiger partial charge in [-0.1, -0.05) is 13.3 Å². The molecule has 0 bridgehead atoms. The number of carbonyl (C=O) groups excluding carboxylic acids is 1. The Morgan fingerprint density at radius 1 is 1.47 bits per heavy atom. The molecule has 0 aromatic heterocycles. The molecule has 2 aliphatic heterocycles. The van der Waals surface area contributed by atoms with Crippen LogP contribution in [0, 0.1) is 0 Å². The quantitative estimate of drug-likeness (QED) is 0.819. The lowest BCUT2D eigenvalue weighted by molar-refractivity contribution is -0.137. The summed E-state index contributed by atoms with van der Waals surface area (Å²) in [4.78, 5) is 17.2. The molecule has 2 atom stereocenters. The van der Waals surface area contributed by atoms with Crippen LogP contribution in [0.4, 0.5) is 0 Å². The van der Waals surface area contributed by atoms with Crippen LogP contribution in [0.3, 0.4) is 0 Å². The number of hydrogen-bond acceptors (Lipinski definition) is 3. The number of nitrogens with one attached hydrogen (secondary N) is 1. The SMILES string of the molecule is CCCC1(C(=O)N(C)CC2CCCN2C)CCCN1. The standard InChI is InChI=1S/C15H29N3O/c1-4-8-15(9-6-10-16-15)14(19)18(3)12-13-7-5-11-17(13)2/h13,16H,4-12H2,1-3H3. The van der Waals surface area contributed by atoms with E-state index in [1.165, 1.54) is 19.4 Å². The molecule has 2 rings (SSSR count). The largest absolute Gasteiger partial charge is 0.343 e. The molecule has 1 N–H and O–H groups in total. The Bertz CT molecular complexity index is 313. The predicted octanol–water partition coefficient (Wildman–Crippen LogP) is 1.46. The number of likely N-dealkylation sites (N-methyl/N-ethyl adjacent to an activating group) is 2. The van der Waals surface area contributed by atoms with Gasteiger partial charge in [0.1, 0.15) is 0 Å². The molecule has 4 heteroatoms. The van der Waals surface area contributed by atoms with Gasteiger partial charge in [0.2, 0.25) is 5.91 Å². The van der Waals surface area contributed by atoms with Crippen LogP contribution >= 0.6 is 0 Å². The van der Waals surface area contributed by atoms with Crippen LogP contribution in [0.1, 0.15) is 45.4 Å². The second kappa shape index (κ2) is 6.23. The highest BCUT2D eigenvalue weighted by molar-refractivity contribution is 5.86. The maximum absolute atomic E-state index is 12.8. The molecule has 2 saturated heterocycles. The molecule has 0 aromatic rings. The third-order valence-electron chi connectivity index (χ3n) is 4.83. The van der Waals surface area contributed by atoms with E-state index in [0.29, 0.717) is 11.9 Å². The van der Waals surface area contributed by atoms with Crippen molar-refractivity contribution in [3.8, 4) is 0 Å². The molecule has 0 aliphatic carbocycles. The maximum Gasteiger partial charge on any atom is 0.242 e. The van der Waals surface area contributed by atoms with E-state index in [0.717, 1.165) is 38.8 Å². The van der Waals surface area contributed by atoms with Gasteiger partial charge in [0.05, 0.1) is 5.54 Å². The Labute approximate surface area is 117 Å². The lowest BCUT2D eigenvalue weighted by atomic mass is 9.90. The van der Waals surface area contributed by atoms with Gasteiger partial charge in [-0.2, -0.15) is 0 Å².